The monoisotopic (exact) mass is 268 g/mol. The molecule has 0 aromatic heterocycles. The van der Waals surface area contributed by atoms with Gasteiger partial charge in [-0.05, 0) is 44.1 Å². The first-order valence-corrected chi connectivity index (χ1v) is 7.40. The lowest BCUT2D eigenvalue weighted by atomic mass is 9.99. The van der Waals surface area contributed by atoms with Gasteiger partial charge in [-0.1, -0.05) is 0 Å². The highest BCUT2D eigenvalue weighted by Crippen LogP contribution is 2.32. The first kappa shape index (κ1) is 14.2. The zero-order valence-corrected chi connectivity index (χ0v) is 11.1. The van der Waals surface area contributed by atoms with Crippen LogP contribution in [0.1, 0.15) is 25.7 Å². The zero-order valence-electron chi connectivity index (χ0n) is 9.47. The molecule has 0 amide bonds. The summed E-state index contributed by atoms with van der Waals surface area (Å²) in [6, 6.07) is 0. The quantitative estimate of drug-likeness (QED) is 0.821. The lowest BCUT2D eigenvalue weighted by molar-refractivity contribution is 0.278. The van der Waals surface area contributed by atoms with E-state index in [1.807, 2.05) is 0 Å². The third-order valence-electron chi connectivity index (χ3n) is 3.44. The summed E-state index contributed by atoms with van der Waals surface area (Å²) in [6.07, 6.45) is 4.05. The van der Waals surface area contributed by atoms with Gasteiger partial charge >= 0.3 is 0 Å². The Morgan fingerprint density at radius 2 is 1.62 bits per heavy atom. The molecular weight excluding hydrogens is 248 g/mol. The van der Waals surface area contributed by atoms with E-state index in [0.717, 1.165) is 25.7 Å². The van der Waals surface area contributed by atoms with Crippen molar-refractivity contribution in [1.82, 2.24) is 4.31 Å². The van der Waals surface area contributed by atoms with Gasteiger partial charge in [0.15, 0.2) is 0 Å². The number of nitrogens with zero attached hydrogens (tertiary/aromatic N) is 1. The maximum atomic E-state index is 11.9. The molecule has 2 rings (SSSR count). The van der Waals surface area contributed by atoms with Crippen LogP contribution in [0, 0.1) is 11.8 Å². The number of piperidine rings is 1. The Bertz CT molecular complexity index is 309. The summed E-state index contributed by atoms with van der Waals surface area (Å²) in [4.78, 5) is 0. The predicted molar refractivity (Wildman–Crippen MR) is 67.1 cm³/mol. The van der Waals surface area contributed by atoms with Crippen LogP contribution in [0.4, 0.5) is 0 Å². The van der Waals surface area contributed by atoms with Crippen LogP contribution in [0.5, 0.6) is 0 Å². The van der Waals surface area contributed by atoms with Crippen LogP contribution in [0.15, 0.2) is 0 Å². The molecule has 0 radical (unpaired) electrons. The van der Waals surface area contributed by atoms with Crippen LogP contribution in [-0.4, -0.2) is 38.1 Å². The molecule has 2 N–H and O–H groups in total. The fraction of sp³-hybridized carbons (Fsp3) is 1.00. The zero-order chi connectivity index (χ0) is 10.9. The van der Waals surface area contributed by atoms with E-state index in [1.54, 1.807) is 4.31 Å². The van der Waals surface area contributed by atoms with Gasteiger partial charge in [-0.25, -0.2) is 12.7 Å². The molecule has 0 bridgehead atoms. The molecule has 1 aliphatic carbocycles. The number of halogens is 1. The van der Waals surface area contributed by atoms with E-state index < -0.39 is 10.0 Å². The standard InChI is InChI=1S/C10H20N2O2S.ClH/c11-7-9-3-5-12(6-4-9)15(13,14)8-10-1-2-10;/h9-10H,1-8,11H2;1H. The van der Waals surface area contributed by atoms with Crippen LogP contribution >= 0.6 is 12.4 Å². The van der Waals surface area contributed by atoms with Gasteiger partial charge in [0, 0.05) is 13.1 Å². The van der Waals surface area contributed by atoms with Gasteiger partial charge in [0.05, 0.1) is 5.75 Å². The molecule has 1 aliphatic heterocycles. The summed E-state index contributed by atoms with van der Waals surface area (Å²) in [5, 5.41) is 0. The Labute approximate surface area is 104 Å². The number of hydrogen-bond acceptors (Lipinski definition) is 3. The average molecular weight is 269 g/mol. The third kappa shape index (κ3) is 3.58. The van der Waals surface area contributed by atoms with Gasteiger partial charge in [0.25, 0.3) is 0 Å². The Balaban J connectivity index is 0.00000128. The van der Waals surface area contributed by atoms with Gasteiger partial charge in [-0.2, -0.15) is 0 Å². The normalized spacial score (nSPS) is 24.1. The molecule has 1 saturated heterocycles. The van der Waals surface area contributed by atoms with E-state index in [4.69, 9.17) is 5.73 Å². The van der Waals surface area contributed by atoms with Crippen molar-refractivity contribution in [3.8, 4) is 0 Å². The van der Waals surface area contributed by atoms with Gasteiger partial charge in [-0.15, -0.1) is 12.4 Å². The molecule has 16 heavy (non-hydrogen) atoms. The van der Waals surface area contributed by atoms with Crippen molar-refractivity contribution < 1.29 is 8.42 Å². The molecule has 4 nitrogen and oxygen atoms in total. The van der Waals surface area contributed by atoms with Crippen LogP contribution in [0.3, 0.4) is 0 Å². The summed E-state index contributed by atoms with van der Waals surface area (Å²) in [5.41, 5.74) is 5.58. The molecule has 0 spiro atoms. The van der Waals surface area contributed by atoms with E-state index in [1.165, 1.54) is 0 Å². The number of rotatable bonds is 4. The smallest absolute Gasteiger partial charge is 0.214 e. The van der Waals surface area contributed by atoms with Crippen LogP contribution in [0.25, 0.3) is 0 Å². The van der Waals surface area contributed by atoms with Gasteiger partial charge in [0.1, 0.15) is 0 Å². The molecule has 1 heterocycles. The highest BCUT2D eigenvalue weighted by Gasteiger charge is 2.33. The molecular formula is C10H21ClN2O2S. The van der Waals surface area contributed by atoms with E-state index in [2.05, 4.69) is 0 Å². The molecule has 6 heteroatoms. The van der Waals surface area contributed by atoms with Crippen molar-refractivity contribution in [3.05, 3.63) is 0 Å². The highest BCUT2D eigenvalue weighted by atomic mass is 35.5. The Kier molecular flexibility index (Phi) is 5.04. The lowest BCUT2D eigenvalue weighted by Crippen LogP contribution is -2.41. The summed E-state index contributed by atoms with van der Waals surface area (Å²) in [7, 11) is -2.96. The summed E-state index contributed by atoms with van der Waals surface area (Å²) in [6.45, 7) is 2.05. The lowest BCUT2D eigenvalue weighted by Gasteiger charge is -2.30. The summed E-state index contributed by atoms with van der Waals surface area (Å²) in [5.74, 6) is 1.35. The average Bonchev–Trinajstić information content (AvgIpc) is 3.01. The maximum absolute atomic E-state index is 11.9. The van der Waals surface area contributed by atoms with E-state index >= 15 is 0 Å². The van der Waals surface area contributed by atoms with Crippen molar-refractivity contribution in [1.29, 1.82) is 0 Å². The van der Waals surface area contributed by atoms with Crippen LogP contribution in [0.2, 0.25) is 0 Å². The second kappa shape index (κ2) is 5.67. The van der Waals surface area contributed by atoms with E-state index in [0.29, 0.717) is 37.2 Å². The number of nitrogens with two attached hydrogens (primary N) is 1. The van der Waals surface area contributed by atoms with Crippen molar-refractivity contribution in [2.45, 2.75) is 25.7 Å². The van der Waals surface area contributed by atoms with Gasteiger partial charge in [0.2, 0.25) is 10.0 Å². The Morgan fingerprint density at radius 1 is 1.06 bits per heavy atom. The molecule has 96 valence electrons. The Morgan fingerprint density at radius 3 is 2.06 bits per heavy atom. The van der Waals surface area contributed by atoms with Crippen molar-refractivity contribution >= 4 is 22.4 Å². The minimum absolute atomic E-state index is 0. The van der Waals surface area contributed by atoms with E-state index in [-0.39, 0.29) is 12.4 Å². The second-order valence-corrected chi connectivity index (χ2v) is 6.81. The van der Waals surface area contributed by atoms with E-state index in [9.17, 15) is 8.42 Å². The van der Waals surface area contributed by atoms with Crippen molar-refractivity contribution in [3.63, 3.8) is 0 Å². The topological polar surface area (TPSA) is 63.4 Å². The first-order valence-electron chi connectivity index (χ1n) is 5.79. The minimum atomic E-state index is -2.96. The predicted octanol–water partition coefficient (Wildman–Crippen LogP) is 0.819. The maximum Gasteiger partial charge on any atom is 0.214 e. The molecule has 0 aromatic rings. The highest BCUT2D eigenvalue weighted by molar-refractivity contribution is 7.89. The SMILES string of the molecule is Cl.NCC1CCN(S(=O)(=O)CC2CC2)CC1. The van der Waals surface area contributed by atoms with Crippen molar-refractivity contribution in [2.24, 2.45) is 17.6 Å². The van der Waals surface area contributed by atoms with Crippen LogP contribution < -0.4 is 5.73 Å². The summed E-state index contributed by atoms with van der Waals surface area (Å²) < 4.78 is 25.5. The van der Waals surface area contributed by atoms with Crippen LogP contribution in [-0.2, 0) is 10.0 Å². The fourth-order valence-electron chi connectivity index (χ4n) is 2.11. The number of hydrogen-bond donors (Lipinski definition) is 1. The van der Waals surface area contributed by atoms with Crippen molar-refractivity contribution in [2.75, 3.05) is 25.4 Å². The number of sulfonamides is 1. The molecule has 0 atom stereocenters. The largest absolute Gasteiger partial charge is 0.330 e. The molecule has 0 aromatic carbocycles. The molecule has 0 unspecified atom stereocenters. The molecule has 2 fully saturated rings. The second-order valence-electron chi connectivity index (χ2n) is 4.80. The molecule has 1 saturated carbocycles. The third-order valence-corrected chi connectivity index (χ3v) is 5.49. The first-order chi connectivity index (χ1) is 7.12. The Hall–Kier alpha value is 0.160. The summed E-state index contributed by atoms with van der Waals surface area (Å²) >= 11 is 0. The van der Waals surface area contributed by atoms with Gasteiger partial charge < -0.3 is 5.73 Å². The molecule has 2 aliphatic rings. The van der Waals surface area contributed by atoms with Gasteiger partial charge in [-0.3, -0.25) is 0 Å². The minimum Gasteiger partial charge on any atom is -0.330 e. The fourth-order valence-corrected chi connectivity index (χ4v) is 4.02.